The third-order valence-electron chi connectivity index (χ3n) is 5.70. The molecule has 0 aliphatic heterocycles. The number of amides is 1. The van der Waals surface area contributed by atoms with E-state index in [1.54, 1.807) is 18.2 Å². The van der Waals surface area contributed by atoms with Crippen LogP contribution in [0.4, 0.5) is 0 Å². The topological polar surface area (TPSA) is 92.8 Å². The van der Waals surface area contributed by atoms with E-state index in [4.69, 9.17) is 4.74 Å². The van der Waals surface area contributed by atoms with E-state index in [1.807, 2.05) is 0 Å². The highest BCUT2D eigenvalue weighted by molar-refractivity contribution is 7.89. The van der Waals surface area contributed by atoms with Crippen molar-refractivity contribution in [1.29, 1.82) is 0 Å². The number of hydrogen-bond acceptors (Lipinski definition) is 5. The van der Waals surface area contributed by atoms with Gasteiger partial charge >= 0.3 is 5.97 Å². The highest BCUT2D eigenvalue weighted by Crippen LogP contribution is 2.32. The van der Waals surface area contributed by atoms with Gasteiger partial charge in [0.2, 0.25) is 10.0 Å². The zero-order chi connectivity index (χ0) is 22.1. The molecular weight excluding hydrogens is 404 g/mol. The van der Waals surface area contributed by atoms with Crippen molar-refractivity contribution in [2.75, 3.05) is 20.7 Å². The zero-order valence-corrected chi connectivity index (χ0v) is 19.0. The Balaban J connectivity index is 1.79. The van der Waals surface area contributed by atoms with Crippen LogP contribution in [0.3, 0.4) is 0 Å². The first-order valence-corrected chi connectivity index (χ1v) is 12.1. The normalized spacial score (nSPS) is 19.5. The van der Waals surface area contributed by atoms with E-state index < -0.39 is 15.9 Å². The van der Waals surface area contributed by atoms with Crippen molar-refractivity contribution < 1.29 is 22.7 Å². The first-order chi connectivity index (χ1) is 14.3. The molecule has 0 spiro atoms. The molecule has 1 aliphatic rings. The summed E-state index contributed by atoms with van der Waals surface area (Å²) < 4.78 is 31.2. The molecule has 0 bridgehead atoms. The van der Waals surface area contributed by atoms with E-state index in [0.717, 1.165) is 30.0 Å². The molecule has 1 aromatic carbocycles. The van der Waals surface area contributed by atoms with Crippen molar-refractivity contribution >= 4 is 21.9 Å². The molecule has 1 aromatic rings. The number of esters is 1. The van der Waals surface area contributed by atoms with Crippen LogP contribution in [0.5, 0.6) is 0 Å². The lowest BCUT2D eigenvalue weighted by atomic mass is 9.80. The van der Waals surface area contributed by atoms with Crippen LogP contribution in [-0.4, -0.2) is 45.3 Å². The Morgan fingerprint density at radius 1 is 1.13 bits per heavy atom. The van der Waals surface area contributed by atoms with Crippen LogP contribution in [0.15, 0.2) is 29.2 Å². The average Bonchev–Trinajstić information content (AvgIpc) is 2.75. The summed E-state index contributed by atoms with van der Waals surface area (Å²) in [6.07, 6.45) is 7.40. The number of benzene rings is 1. The van der Waals surface area contributed by atoms with Crippen LogP contribution in [0.1, 0.15) is 57.4 Å². The van der Waals surface area contributed by atoms with Gasteiger partial charge in [0.25, 0.3) is 5.91 Å². The summed E-state index contributed by atoms with van der Waals surface area (Å²) in [4.78, 5) is 24.5. The second kappa shape index (κ2) is 11.5. The second-order valence-corrected chi connectivity index (χ2v) is 10.3. The zero-order valence-electron chi connectivity index (χ0n) is 18.2. The number of nitrogens with zero attached hydrogens (tertiary/aromatic N) is 1. The summed E-state index contributed by atoms with van der Waals surface area (Å²) in [6, 6.07) is 6.51. The predicted octanol–water partition coefficient (Wildman–Crippen LogP) is 3.09. The SMILES string of the molecule is CCCCC1CCC(C(=O)OCC(=O)NCc2ccccc2S(=O)(=O)N(C)C)CC1. The first kappa shape index (κ1) is 24.3. The van der Waals surface area contributed by atoms with E-state index in [9.17, 15) is 18.0 Å². The summed E-state index contributed by atoms with van der Waals surface area (Å²) in [5.74, 6) is -0.177. The molecule has 7 nitrogen and oxygen atoms in total. The predicted molar refractivity (Wildman–Crippen MR) is 115 cm³/mol. The lowest BCUT2D eigenvalue weighted by Gasteiger charge is -2.27. The van der Waals surface area contributed by atoms with E-state index >= 15 is 0 Å². The summed E-state index contributed by atoms with van der Waals surface area (Å²) in [6.45, 7) is 1.88. The van der Waals surface area contributed by atoms with Crippen LogP contribution in [0, 0.1) is 11.8 Å². The van der Waals surface area contributed by atoms with Crippen molar-refractivity contribution in [3.63, 3.8) is 0 Å². The number of ether oxygens (including phenoxy) is 1. The summed E-state index contributed by atoms with van der Waals surface area (Å²) in [5.41, 5.74) is 0.483. The molecule has 8 heteroatoms. The molecule has 0 saturated heterocycles. The molecule has 1 aliphatic carbocycles. The Labute approximate surface area is 180 Å². The van der Waals surface area contributed by atoms with E-state index in [1.165, 1.54) is 39.4 Å². The Bertz CT molecular complexity index is 815. The lowest BCUT2D eigenvalue weighted by molar-refractivity contribution is -0.153. The molecule has 0 radical (unpaired) electrons. The largest absolute Gasteiger partial charge is 0.455 e. The quantitative estimate of drug-likeness (QED) is 0.567. The lowest BCUT2D eigenvalue weighted by Crippen LogP contribution is -2.32. The third-order valence-corrected chi connectivity index (χ3v) is 7.61. The molecule has 0 atom stereocenters. The molecule has 0 unspecified atom stereocenters. The number of nitrogens with one attached hydrogen (secondary N) is 1. The van der Waals surface area contributed by atoms with Crippen molar-refractivity contribution in [2.45, 2.75) is 63.3 Å². The number of unbranched alkanes of at least 4 members (excludes halogenated alkanes) is 1. The Morgan fingerprint density at radius 2 is 1.80 bits per heavy atom. The number of carbonyl (C=O) groups excluding carboxylic acids is 2. The smallest absolute Gasteiger partial charge is 0.309 e. The number of hydrogen-bond donors (Lipinski definition) is 1. The minimum absolute atomic E-state index is 0.0438. The maximum Gasteiger partial charge on any atom is 0.309 e. The van der Waals surface area contributed by atoms with Crippen molar-refractivity contribution in [1.82, 2.24) is 9.62 Å². The molecule has 1 amide bonds. The molecule has 1 N–H and O–H groups in total. The first-order valence-electron chi connectivity index (χ1n) is 10.7. The fraction of sp³-hybridized carbons (Fsp3) is 0.636. The van der Waals surface area contributed by atoms with E-state index in [0.29, 0.717) is 11.5 Å². The maximum atomic E-state index is 12.4. The minimum Gasteiger partial charge on any atom is -0.455 e. The highest BCUT2D eigenvalue weighted by atomic mass is 32.2. The highest BCUT2D eigenvalue weighted by Gasteiger charge is 2.27. The number of carbonyl (C=O) groups is 2. The molecule has 168 valence electrons. The monoisotopic (exact) mass is 438 g/mol. The molecule has 2 rings (SSSR count). The van der Waals surface area contributed by atoms with Gasteiger partial charge in [0.1, 0.15) is 0 Å². The van der Waals surface area contributed by atoms with Crippen LogP contribution in [0.25, 0.3) is 0 Å². The van der Waals surface area contributed by atoms with Gasteiger partial charge in [-0.25, -0.2) is 12.7 Å². The van der Waals surface area contributed by atoms with Gasteiger partial charge in [-0.05, 0) is 43.2 Å². The van der Waals surface area contributed by atoms with Gasteiger partial charge in [-0.2, -0.15) is 0 Å². The van der Waals surface area contributed by atoms with E-state index in [2.05, 4.69) is 12.2 Å². The average molecular weight is 439 g/mol. The Hall–Kier alpha value is -1.93. The summed E-state index contributed by atoms with van der Waals surface area (Å²) in [7, 11) is -0.690. The van der Waals surface area contributed by atoms with E-state index in [-0.39, 0.29) is 29.9 Å². The molecular formula is C22H34N2O5S. The summed E-state index contributed by atoms with van der Waals surface area (Å²) >= 11 is 0. The van der Waals surface area contributed by atoms with Crippen LogP contribution >= 0.6 is 0 Å². The van der Waals surface area contributed by atoms with Gasteiger partial charge in [0.05, 0.1) is 10.8 Å². The van der Waals surface area contributed by atoms with Gasteiger partial charge in [0.15, 0.2) is 6.61 Å². The standard InChI is InChI=1S/C22H34N2O5S/c1-4-5-8-17-11-13-18(14-12-17)22(26)29-16-21(25)23-15-19-9-6-7-10-20(19)30(27,28)24(2)3/h6-7,9-10,17-18H,4-5,8,11-16H2,1-3H3,(H,23,25). The molecule has 1 fully saturated rings. The van der Waals surface area contributed by atoms with Crippen molar-refractivity contribution in [3.8, 4) is 0 Å². The third kappa shape index (κ3) is 6.80. The van der Waals surface area contributed by atoms with Gasteiger partial charge < -0.3 is 10.1 Å². The van der Waals surface area contributed by atoms with Crippen LogP contribution in [0.2, 0.25) is 0 Å². The molecule has 0 aromatic heterocycles. The van der Waals surface area contributed by atoms with Gasteiger partial charge in [0, 0.05) is 20.6 Å². The van der Waals surface area contributed by atoms with Gasteiger partial charge in [-0.15, -0.1) is 0 Å². The van der Waals surface area contributed by atoms with Gasteiger partial charge in [-0.1, -0.05) is 44.4 Å². The summed E-state index contributed by atoms with van der Waals surface area (Å²) in [5, 5.41) is 2.64. The van der Waals surface area contributed by atoms with Crippen molar-refractivity contribution in [2.24, 2.45) is 11.8 Å². The molecule has 0 heterocycles. The van der Waals surface area contributed by atoms with Crippen LogP contribution < -0.4 is 5.32 Å². The minimum atomic E-state index is -3.61. The van der Waals surface area contributed by atoms with Crippen molar-refractivity contribution in [3.05, 3.63) is 29.8 Å². The number of rotatable bonds is 10. The number of sulfonamides is 1. The fourth-order valence-corrected chi connectivity index (χ4v) is 4.89. The molecule has 30 heavy (non-hydrogen) atoms. The van der Waals surface area contributed by atoms with Gasteiger partial charge in [-0.3, -0.25) is 9.59 Å². The maximum absolute atomic E-state index is 12.4. The molecule has 1 saturated carbocycles. The Kier molecular flexibility index (Phi) is 9.30. The Morgan fingerprint density at radius 3 is 2.43 bits per heavy atom. The van der Waals surface area contributed by atoms with Crippen LogP contribution in [-0.2, 0) is 30.9 Å². The fourth-order valence-electron chi connectivity index (χ4n) is 3.78. The second-order valence-electron chi connectivity index (χ2n) is 8.14.